The molecule has 2 aromatic heterocycles. The number of nitrogen functional groups attached to an aromatic ring is 1. The number of aliphatic hydroxyl groups is 1. The molecule has 12 nitrogen and oxygen atoms in total. The van der Waals surface area contributed by atoms with Gasteiger partial charge in [0.15, 0.2) is 17.6 Å². The minimum Gasteiger partial charge on any atom is -0.480 e. The molecule has 3 aromatic rings. The number of nitrogens with one attached hydrogen (secondary N) is 1. The molecule has 0 aliphatic heterocycles. The number of halogens is 1. The summed E-state index contributed by atoms with van der Waals surface area (Å²) in [5.74, 6) is -2.00. The molecule has 4 rings (SSSR count). The summed E-state index contributed by atoms with van der Waals surface area (Å²) in [6.07, 6.45) is -0.839. The molecular weight excluding hydrogens is 482 g/mol. The Labute approximate surface area is 199 Å². The average molecular weight is 506 g/mol. The van der Waals surface area contributed by atoms with Gasteiger partial charge in [-0.3, -0.25) is 9.32 Å². The summed E-state index contributed by atoms with van der Waals surface area (Å²) in [6.45, 7) is 4.73. The van der Waals surface area contributed by atoms with Gasteiger partial charge in [-0.2, -0.15) is 5.09 Å². The topological polar surface area (TPSA) is 175 Å². The average Bonchev–Trinajstić information content (AvgIpc) is 3.32. The summed E-state index contributed by atoms with van der Waals surface area (Å²) < 4.78 is 41.0. The number of fused-ring (bicyclic) bond motifs is 1. The van der Waals surface area contributed by atoms with Crippen LogP contribution in [-0.2, 0) is 13.9 Å². The van der Waals surface area contributed by atoms with Gasteiger partial charge in [0.25, 0.3) is 0 Å². The lowest BCUT2D eigenvalue weighted by Crippen LogP contribution is -2.34. The Bertz CT molecular complexity index is 1290. The molecule has 1 fully saturated rings. The van der Waals surface area contributed by atoms with Crippen molar-refractivity contribution in [3.8, 4) is 5.75 Å². The third-order valence-electron chi connectivity index (χ3n) is 5.70. The summed E-state index contributed by atoms with van der Waals surface area (Å²) in [5.41, 5.74) is 6.57. The molecule has 5 N–H and O–H groups in total. The number of alkyl halides is 1. The van der Waals surface area contributed by atoms with Crippen molar-refractivity contribution in [1.29, 1.82) is 0 Å². The van der Waals surface area contributed by atoms with E-state index in [1.807, 2.05) is 0 Å². The number of hydrogen-bond donors (Lipinski definition) is 4. The van der Waals surface area contributed by atoms with Crippen molar-refractivity contribution in [2.45, 2.75) is 31.3 Å². The number of aromatic nitrogens is 4. The number of anilines is 1. The van der Waals surface area contributed by atoms with Gasteiger partial charge in [-0.15, -0.1) is 0 Å². The molecule has 1 unspecified atom stereocenters. The Morgan fingerprint density at radius 2 is 2.06 bits per heavy atom. The van der Waals surface area contributed by atoms with Gasteiger partial charge in [0, 0.05) is 5.92 Å². The van der Waals surface area contributed by atoms with E-state index in [1.165, 1.54) is 36.3 Å². The monoisotopic (exact) mass is 506 g/mol. The lowest BCUT2D eigenvalue weighted by Gasteiger charge is -2.24. The number of imidazole rings is 1. The van der Waals surface area contributed by atoms with E-state index < -0.39 is 50.6 Å². The third-order valence-corrected chi connectivity index (χ3v) is 7.34. The number of nitrogens with two attached hydrogens (primary N) is 1. The summed E-state index contributed by atoms with van der Waals surface area (Å²) in [4.78, 5) is 23.4. The maximum atomic E-state index is 15.3. The molecule has 1 aromatic carbocycles. The van der Waals surface area contributed by atoms with Crippen LogP contribution >= 0.6 is 7.75 Å². The van der Waals surface area contributed by atoms with Crippen LogP contribution in [0.1, 0.15) is 13.0 Å². The Balaban J connectivity index is 1.56. The Hall–Kier alpha value is -3.38. The van der Waals surface area contributed by atoms with Crippen molar-refractivity contribution in [2.24, 2.45) is 5.92 Å². The number of aliphatic hydroxyl groups excluding tert-OH is 1. The van der Waals surface area contributed by atoms with Gasteiger partial charge in [-0.25, -0.2) is 23.9 Å². The fourth-order valence-corrected chi connectivity index (χ4v) is 5.36. The fourth-order valence-electron chi connectivity index (χ4n) is 3.84. The zero-order chi connectivity index (χ0) is 25.3. The second kappa shape index (κ2) is 9.70. The molecule has 14 heteroatoms. The fraction of sp³-hybridized carbons (Fsp3) is 0.333. The van der Waals surface area contributed by atoms with Gasteiger partial charge < -0.3 is 25.0 Å². The van der Waals surface area contributed by atoms with E-state index in [9.17, 15) is 19.6 Å². The third kappa shape index (κ3) is 4.89. The quantitative estimate of drug-likeness (QED) is 0.247. The maximum absolute atomic E-state index is 15.3. The molecule has 0 radical (unpaired) electrons. The molecule has 6 atom stereocenters. The van der Waals surface area contributed by atoms with Crippen LogP contribution in [0.25, 0.3) is 11.2 Å². The van der Waals surface area contributed by atoms with E-state index in [-0.39, 0.29) is 28.3 Å². The van der Waals surface area contributed by atoms with E-state index in [1.54, 1.807) is 18.2 Å². The van der Waals surface area contributed by atoms with Crippen molar-refractivity contribution in [2.75, 3.05) is 12.3 Å². The number of para-hydroxylation sites is 1. The molecule has 1 aliphatic rings. The van der Waals surface area contributed by atoms with E-state index in [0.29, 0.717) is 0 Å². The summed E-state index contributed by atoms with van der Waals surface area (Å²) in [5, 5.41) is 22.2. The number of hydrogen-bond acceptors (Lipinski definition) is 9. The van der Waals surface area contributed by atoms with Gasteiger partial charge in [-0.1, -0.05) is 24.8 Å². The second-order valence-electron chi connectivity index (χ2n) is 8.03. The highest BCUT2D eigenvalue weighted by Crippen LogP contribution is 2.48. The SMILES string of the molecule is C=C1[C@@H](n2cnc3c(N)ncnc32)[C@@H](F)[C@H](O)[C@H]1COP(=O)(N[C@H](C)C(=O)O)Oc1ccccc1. The normalized spacial score (nSPS) is 24.8. The largest absolute Gasteiger partial charge is 0.480 e. The minimum atomic E-state index is -4.26. The standard InChI is InChI=1S/C21H24FN6O6P/c1-11-14(8-33-35(32,27-12(2)21(30)31)34-13-6-4-3-5-7-13)18(29)15(22)17(11)28-10-26-16-19(23)24-9-25-20(16)28/h3-7,9-10,12,14-15,17-18,29H,1,8H2,2H3,(H,27,32)(H,30,31)(H2,23,24,25)/t12-,14+,15-,17-,18-,35?/m1/s1. The first-order chi connectivity index (χ1) is 16.6. The predicted octanol–water partition coefficient (Wildman–Crippen LogP) is 2.10. The first kappa shape index (κ1) is 24.7. The van der Waals surface area contributed by atoms with E-state index in [4.69, 9.17) is 14.8 Å². The molecule has 1 aliphatic carbocycles. The smallest absolute Gasteiger partial charge is 0.459 e. The van der Waals surface area contributed by atoms with E-state index >= 15 is 4.39 Å². The van der Waals surface area contributed by atoms with E-state index in [2.05, 4.69) is 26.6 Å². The highest BCUT2D eigenvalue weighted by molar-refractivity contribution is 7.52. The van der Waals surface area contributed by atoms with Crippen molar-refractivity contribution in [3.63, 3.8) is 0 Å². The minimum absolute atomic E-state index is 0.117. The molecule has 1 saturated carbocycles. The lowest BCUT2D eigenvalue weighted by atomic mass is 10.0. The number of nitrogens with zero attached hydrogens (tertiary/aromatic N) is 4. The predicted molar refractivity (Wildman–Crippen MR) is 123 cm³/mol. The number of rotatable bonds is 9. The van der Waals surface area contributed by atoms with Crippen molar-refractivity contribution >= 4 is 30.7 Å². The van der Waals surface area contributed by atoms with Gasteiger partial charge >= 0.3 is 13.7 Å². The number of carboxylic acid groups (broad SMARTS) is 1. The van der Waals surface area contributed by atoms with Gasteiger partial charge in [0.1, 0.15) is 23.6 Å². The Morgan fingerprint density at radius 1 is 1.34 bits per heavy atom. The van der Waals surface area contributed by atoms with Crippen LogP contribution in [0.2, 0.25) is 0 Å². The van der Waals surface area contributed by atoms with Crippen LogP contribution in [0.15, 0.2) is 55.1 Å². The van der Waals surface area contributed by atoms with Crippen molar-refractivity contribution in [1.82, 2.24) is 24.6 Å². The van der Waals surface area contributed by atoms with Crippen LogP contribution in [0.3, 0.4) is 0 Å². The number of carbonyl (C=O) groups is 1. The summed E-state index contributed by atoms with van der Waals surface area (Å²) in [6, 6.07) is 5.66. The van der Waals surface area contributed by atoms with Crippen LogP contribution in [-0.4, -0.2) is 60.6 Å². The van der Waals surface area contributed by atoms with Crippen LogP contribution in [0, 0.1) is 5.92 Å². The Kier molecular flexibility index (Phi) is 6.86. The molecular formula is C21H24FN6O6P. The zero-order valence-electron chi connectivity index (χ0n) is 18.6. The van der Waals surface area contributed by atoms with Crippen molar-refractivity contribution in [3.05, 3.63) is 55.1 Å². The molecule has 35 heavy (non-hydrogen) atoms. The highest BCUT2D eigenvalue weighted by Gasteiger charge is 2.48. The molecule has 0 saturated heterocycles. The number of benzene rings is 1. The van der Waals surface area contributed by atoms with Gasteiger partial charge in [-0.05, 0) is 24.6 Å². The Morgan fingerprint density at radius 3 is 2.74 bits per heavy atom. The van der Waals surface area contributed by atoms with E-state index in [0.717, 1.165) is 0 Å². The lowest BCUT2D eigenvalue weighted by molar-refractivity contribution is -0.138. The molecule has 0 bridgehead atoms. The molecule has 186 valence electrons. The first-order valence-electron chi connectivity index (χ1n) is 10.5. The van der Waals surface area contributed by atoms with Crippen molar-refractivity contribution < 1.29 is 33.0 Å². The van der Waals surface area contributed by atoms with Crippen LogP contribution in [0.4, 0.5) is 10.2 Å². The summed E-state index contributed by atoms with van der Waals surface area (Å²) >= 11 is 0. The van der Waals surface area contributed by atoms with Gasteiger partial charge in [0.2, 0.25) is 0 Å². The van der Waals surface area contributed by atoms with Crippen LogP contribution < -0.4 is 15.3 Å². The maximum Gasteiger partial charge on any atom is 0.459 e. The van der Waals surface area contributed by atoms with Gasteiger partial charge in [0.05, 0.1) is 25.1 Å². The molecule has 0 amide bonds. The molecule has 2 heterocycles. The molecule has 0 spiro atoms. The highest BCUT2D eigenvalue weighted by atomic mass is 31.2. The summed E-state index contributed by atoms with van der Waals surface area (Å²) in [7, 11) is -4.26. The number of carboxylic acids is 1. The van der Waals surface area contributed by atoms with Crippen LogP contribution in [0.5, 0.6) is 5.75 Å². The number of aliphatic carboxylic acids is 1. The first-order valence-corrected chi connectivity index (χ1v) is 12.1. The zero-order valence-corrected chi connectivity index (χ0v) is 19.5. The second-order valence-corrected chi connectivity index (χ2v) is 9.72.